The Labute approximate surface area is 71.5 Å². The maximum absolute atomic E-state index is 8.29. The van der Waals surface area contributed by atoms with E-state index in [1.165, 1.54) is 0 Å². The molecule has 1 N–H and O–H groups in total. The standard InChI is InChI=1S/C9H12O3/c10-8-11-6-7-12-9-4-2-1-3-5-9/h1-5,10H,6-8H2. The van der Waals surface area contributed by atoms with Crippen molar-refractivity contribution in [1.82, 2.24) is 0 Å². The summed E-state index contributed by atoms with van der Waals surface area (Å²) in [5, 5.41) is 8.29. The minimum atomic E-state index is -0.252. The minimum Gasteiger partial charge on any atom is -0.491 e. The molecule has 0 heterocycles. The van der Waals surface area contributed by atoms with Gasteiger partial charge in [0, 0.05) is 0 Å². The van der Waals surface area contributed by atoms with Gasteiger partial charge in [0.2, 0.25) is 0 Å². The molecule has 1 aromatic rings. The van der Waals surface area contributed by atoms with Crippen molar-refractivity contribution in [2.45, 2.75) is 0 Å². The average Bonchev–Trinajstić information content (AvgIpc) is 2.14. The highest BCUT2D eigenvalue weighted by Gasteiger charge is 1.89. The lowest BCUT2D eigenvalue weighted by Gasteiger charge is -2.04. The van der Waals surface area contributed by atoms with Crippen molar-refractivity contribution in [3.8, 4) is 5.75 Å². The smallest absolute Gasteiger partial charge is 0.143 e. The maximum Gasteiger partial charge on any atom is 0.143 e. The Balaban J connectivity index is 2.16. The number of benzene rings is 1. The molecule has 0 amide bonds. The highest BCUT2D eigenvalue weighted by molar-refractivity contribution is 5.20. The lowest BCUT2D eigenvalue weighted by atomic mass is 10.3. The number of rotatable bonds is 5. The molecule has 0 atom stereocenters. The van der Waals surface area contributed by atoms with E-state index in [0.29, 0.717) is 13.2 Å². The van der Waals surface area contributed by atoms with Gasteiger partial charge in [0.05, 0.1) is 6.61 Å². The van der Waals surface area contributed by atoms with Gasteiger partial charge in [0.15, 0.2) is 0 Å². The van der Waals surface area contributed by atoms with E-state index < -0.39 is 0 Å². The molecule has 1 rings (SSSR count). The zero-order valence-corrected chi connectivity index (χ0v) is 6.77. The summed E-state index contributed by atoms with van der Waals surface area (Å²) in [6.45, 7) is 0.619. The molecule has 0 saturated heterocycles. The van der Waals surface area contributed by atoms with Crippen LogP contribution in [0.1, 0.15) is 0 Å². The summed E-state index contributed by atoms with van der Waals surface area (Å²) in [6, 6.07) is 9.49. The van der Waals surface area contributed by atoms with Gasteiger partial charge in [-0.15, -0.1) is 0 Å². The summed E-state index contributed by atoms with van der Waals surface area (Å²) in [7, 11) is 0. The minimum absolute atomic E-state index is 0.252. The van der Waals surface area contributed by atoms with Crippen molar-refractivity contribution in [3.05, 3.63) is 30.3 Å². The van der Waals surface area contributed by atoms with E-state index in [-0.39, 0.29) is 6.79 Å². The van der Waals surface area contributed by atoms with Crippen molar-refractivity contribution >= 4 is 0 Å². The van der Waals surface area contributed by atoms with Crippen LogP contribution in [0, 0.1) is 0 Å². The predicted octanol–water partition coefficient (Wildman–Crippen LogP) is 1.03. The SMILES string of the molecule is OCOCCOc1ccccc1. The monoisotopic (exact) mass is 168 g/mol. The molecule has 0 radical (unpaired) electrons. The van der Waals surface area contributed by atoms with Crippen LogP contribution < -0.4 is 4.74 Å². The highest BCUT2D eigenvalue weighted by atomic mass is 16.6. The summed E-state index contributed by atoms with van der Waals surface area (Å²) in [6.07, 6.45) is 0. The molecule has 3 heteroatoms. The van der Waals surface area contributed by atoms with Crippen LogP contribution in [-0.2, 0) is 4.74 Å². The van der Waals surface area contributed by atoms with E-state index in [1.54, 1.807) is 0 Å². The number of aliphatic hydroxyl groups excluding tert-OH is 1. The van der Waals surface area contributed by atoms with Crippen molar-refractivity contribution < 1.29 is 14.6 Å². The second-order valence-corrected chi connectivity index (χ2v) is 2.20. The van der Waals surface area contributed by atoms with Gasteiger partial charge in [-0.3, -0.25) is 0 Å². The van der Waals surface area contributed by atoms with Crippen LogP contribution in [0.25, 0.3) is 0 Å². The molecule has 0 aliphatic carbocycles. The summed E-state index contributed by atoms with van der Waals surface area (Å²) in [5.74, 6) is 0.819. The molecule has 0 fully saturated rings. The average molecular weight is 168 g/mol. The van der Waals surface area contributed by atoms with Crippen molar-refractivity contribution in [2.24, 2.45) is 0 Å². The summed E-state index contributed by atoms with van der Waals surface area (Å²) in [4.78, 5) is 0. The van der Waals surface area contributed by atoms with Gasteiger partial charge in [0.25, 0.3) is 0 Å². The lowest BCUT2D eigenvalue weighted by Crippen LogP contribution is -2.06. The summed E-state index contributed by atoms with van der Waals surface area (Å²) >= 11 is 0. The van der Waals surface area contributed by atoms with Crippen molar-refractivity contribution in [3.63, 3.8) is 0 Å². The predicted molar refractivity (Wildman–Crippen MR) is 45.0 cm³/mol. The van der Waals surface area contributed by atoms with Gasteiger partial charge < -0.3 is 14.6 Å². The molecule has 0 aliphatic heterocycles. The van der Waals surface area contributed by atoms with Crippen LogP contribution in [0.15, 0.2) is 30.3 Å². The van der Waals surface area contributed by atoms with Crippen molar-refractivity contribution in [1.29, 1.82) is 0 Å². The summed E-state index contributed by atoms with van der Waals surface area (Å²) in [5.41, 5.74) is 0. The normalized spacial score (nSPS) is 9.75. The molecule has 0 saturated carbocycles. The van der Waals surface area contributed by atoms with Crippen molar-refractivity contribution in [2.75, 3.05) is 20.0 Å². The summed E-state index contributed by atoms with van der Waals surface area (Å²) < 4.78 is 9.96. The molecule has 66 valence electrons. The first-order valence-corrected chi connectivity index (χ1v) is 3.80. The first kappa shape index (κ1) is 9.03. The first-order valence-electron chi connectivity index (χ1n) is 3.80. The largest absolute Gasteiger partial charge is 0.491 e. The van der Waals surface area contributed by atoms with E-state index in [1.807, 2.05) is 30.3 Å². The third-order valence-corrected chi connectivity index (χ3v) is 1.33. The van der Waals surface area contributed by atoms with Crippen LogP contribution in [0.2, 0.25) is 0 Å². The van der Waals surface area contributed by atoms with Gasteiger partial charge in [0.1, 0.15) is 19.1 Å². The Morgan fingerprint density at radius 2 is 1.83 bits per heavy atom. The third-order valence-electron chi connectivity index (χ3n) is 1.33. The lowest BCUT2D eigenvalue weighted by molar-refractivity contribution is -0.0126. The van der Waals surface area contributed by atoms with Crippen LogP contribution in [-0.4, -0.2) is 25.1 Å². The molecular formula is C9H12O3. The fourth-order valence-electron chi connectivity index (χ4n) is 0.800. The van der Waals surface area contributed by atoms with Gasteiger partial charge in [-0.2, -0.15) is 0 Å². The van der Waals surface area contributed by atoms with Gasteiger partial charge in [-0.25, -0.2) is 0 Å². The Morgan fingerprint density at radius 3 is 2.50 bits per heavy atom. The second-order valence-electron chi connectivity index (χ2n) is 2.20. The Bertz CT molecular complexity index is 198. The Morgan fingerprint density at radius 1 is 1.08 bits per heavy atom. The number of hydrogen-bond donors (Lipinski definition) is 1. The van der Waals surface area contributed by atoms with Crippen LogP contribution in [0.3, 0.4) is 0 Å². The molecule has 0 aromatic heterocycles. The Hall–Kier alpha value is -1.06. The number of ether oxygens (including phenoxy) is 2. The highest BCUT2D eigenvalue weighted by Crippen LogP contribution is 2.07. The molecule has 0 bridgehead atoms. The van der Waals surface area contributed by atoms with Gasteiger partial charge in [-0.1, -0.05) is 18.2 Å². The maximum atomic E-state index is 8.29. The fourth-order valence-corrected chi connectivity index (χ4v) is 0.800. The molecule has 1 aromatic carbocycles. The van der Waals surface area contributed by atoms with E-state index in [0.717, 1.165) is 5.75 Å². The van der Waals surface area contributed by atoms with E-state index in [2.05, 4.69) is 4.74 Å². The third kappa shape index (κ3) is 3.37. The van der Waals surface area contributed by atoms with Crippen LogP contribution >= 0.6 is 0 Å². The van der Waals surface area contributed by atoms with Crippen LogP contribution in [0.4, 0.5) is 0 Å². The van der Waals surface area contributed by atoms with E-state index in [4.69, 9.17) is 9.84 Å². The van der Waals surface area contributed by atoms with E-state index in [9.17, 15) is 0 Å². The number of para-hydroxylation sites is 1. The second kappa shape index (κ2) is 5.57. The molecular weight excluding hydrogens is 156 g/mol. The molecule has 0 unspecified atom stereocenters. The van der Waals surface area contributed by atoms with Crippen LogP contribution in [0.5, 0.6) is 5.75 Å². The fraction of sp³-hybridized carbons (Fsp3) is 0.333. The molecule has 0 spiro atoms. The zero-order chi connectivity index (χ0) is 8.65. The molecule has 12 heavy (non-hydrogen) atoms. The van der Waals surface area contributed by atoms with Gasteiger partial charge >= 0.3 is 0 Å². The quantitative estimate of drug-likeness (QED) is 0.527. The number of aliphatic hydroxyl groups is 1. The Kier molecular flexibility index (Phi) is 4.19. The number of hydrogen-bond acceptors (Lipinski definition) is 3. The molecule has 3 nitrogen and oxygen atoms in total. The topological polar surface area (TPSA) is 38.7 Å². The molecule has 0 aliphatic rings. The first-order chi connectivity index (χ1) is 5.93. The van der Waals surface area contributed by atoms with Gasteiger partial charge in [-0.05, 0) is 12.1 Å². The van der Waals surface area contributed by atoms with E-state index >= 15 is 0 Å². The zero-order valence-electron chi connectivity index (χ0n) is 6.77.